The summed E-state index contributed by atoms with van der Waals surface area (Å²) < 4.78 is 39.4. The lowest BCUT2D eigenvalue weighted by atomic mass is 10.1. The summed E-state index contributed by atoms with van der Waals surface area (Å²) in [5.74, 6) is 0. The molecule has 3 aromatic heterocycles. The van der Waals surface area contributed by atoms with Crippen LogP contribution in [-0.2, 0) is 6.18 Å². The van der Waals surface area contributed by atoms with Crippen molar-refractivity contribution in [1.82, 2.24) is 4.98 Å². The average Bonchev–Trinajstić information content (AvgIpc) is 2.97. The summed E-state index contributed by atoms with van der Waals surface area (Å²) in [7, 11) is 0. The largest absolute Gasteiger partial charge is 0.417 e. The molecule has 3 heterocycles. The highest BCUT2D eigenvalue weighted by Gasteiger charge is 2.34. The van der Waals surface area contributed by atoms with E-state index >= 15 is 0 Å². The van der Waals surface area contributed by atoms with Crippen molar-refractivity contribution in [2.75, 3.05) is 5.73 Å². The summed E-state index contributed by atoms with van der Waals surface area (Å²) in [6.07, 6.45) is -4.44. The monoisotopic (exact) mass is 300 g/mol. The Labute approximate surface area is 114 Å². The highest BCUT2D eigenvalue weighted by molar-refractivity contribution is 7.17. The Bertz CT molecular complexity index is 729. The molecule has 0 unspecified atom stereocenters. The number of nitrogen functional groups attached to an aromatic ring is 1. The van der Waals surface area contributed by atoms with Crippen LogP contribution in [0.15, 0.2) is 29.0 Å². The van der Waals surface area contributed by atoms with Gasteiger partial charge in [-0.15, -0.1) is 22.7 Å². The number of aromatic nitrogens is 1. The molecule has 2 N–H and O–H groups in total. The quantitative estimate of drug-likeness (QED) is 0.712. The Morgan fingerprint density at radius 1 is 1.21 bits per heavy atom. The lowest BCUT2D eigenvalue weighted by Crippen LogP contribution is -2.07. The first-order valence-corrected chi connectivity index (χ1v) is 7.01. The first-order chi connectivity index (χ1) is 8.97. The van der Waals surface area contributed by atoms with Crippen molar-refractivity contribution in [3.8, 4) is 10.6 Å². The van der Waals surface area contributed by atoms with Crippen molar-refractivity contribution >= 4 is 38.6 Å². The lowest BCUT2D eigenvalue weighted by Gasteiger charge is -2.10. The number of hydrogen-bond acceptors (Lipinski definition) is 4. The first-order valence-electron chi connectivity index (χ1n) is 5.25. The van der Waals surface area contributed by atoms with Crippen LogP contribution < -0.4 is 5.73 Å². The second kappa shape index (κ2) is 4.21. The fourth-order valence-corrected chi connectivity index (χ4v) is 3.38. The van der Waals surface area contributed by atoms with Crippen molar-refractivity contribution in [2.24, 2.45) is 0 Å². The smallest absolute Gasteiger partial charge is 0.397 e. The van der Waals surface area contributed by atoms with E-state index in [0.29, 0.717) is 15.4 Å². The molecule has 0 atom stereocenters. The van der Waals surface area contributed by atoms with Crippen LogP contribution in [0.2, 0.25) is 0 Å². The summed E-state index contributed by atoms with van der Waals surface area (Å²) in [5.41, 5.74) is 5.35. The van der Waals surface area contributed by atoms with Crippen LogP contribution in [0.1, 0.15) is 5.56 Å². The van der Waals surface area contributed by atoms with E-state index in [4.69, 9.17) is 5.73 Å². The highest BCUT2D eigenvalue weighted by Crippen LogP contribution is 2.41. The zero-order valence-corrected chi connectivity index (χ0v) is 11.0. The standard InChI is InChI=1S/C12H7F3N2S2/c13-12(14,15)6-4-8(9-2-1-3-18-9)17-11-10(6)7(16)5-19-11/h1-5H,16H2. The van der Waals surface area contributed by atoms with Crippen LogP contribution in [0.5, 0.6) is 0 Å². The molecule has 0 aromatic carbocycles. The molecule has 0 radical (unpaired) electrons. The molecule has 3 aromatic rings. The van der Waals surface area contributed by atoms with Gasteiger partial charge in [0.2, 0.25) is 0 Å². The van der Waals surface area contributed by atoms with Crippen LogP contribution in [-0.4, -0.2) is 4.98 Å². The number of rotatable bonds is 1. The molecule has 0 saturated carbocycles. The summed E-state index contributed by atoms with van der Waals surface area (Å²) in [6, 6.07) is 4.59. The Balaban J connectivity index is 2.34. The van der Waals surface area contributed by atoms with Gasteiger partial charge in [-0.05, 0) is 17.5 Å². The molecule has 0 aliphatic rings. The zero-order chi connectivity index (χ0) is 13.6. The van der Waals surface area contributed by atoms with Gasteiger partial charge in [-0.1, -0.05) is 6.07 Å². The first kappa shape index (κ1) is 12.4. The molecule has 7 heteroatoms. The zero-order valence-electron chi connectivity index (χ0n) is 9.36. The molecule has 0 bridgehead atoms. The van der Waals surface area contributed by atoms with Crippen molar-refractivity contribution in [2.45, 2.75) is 6.18 Å². The van der Waals surface area contributed by atoms with E-state index in [1.165, 1.54) is 16.7 Å². The number of anilines is 1. The van der Waals surface area contributed by atoms with Gasteiger partial charge in [-0.2, -0.15) is 13.2 Å². The summed E-state index contributed by atoms with van der Waals surface area (Å²) in [4.78, 5) is 5.28. The molecular weight excluding hydrogens is 293 g/mol. The Morgan fingerprint density at radius 2 is 2.00 bits per heavy atom. The van der Waals surface area contributed by atoms with Crippen LogP contribution >= 0.6 is 22.7 Å². The number of halogens is 3. The van der Waals surface area contributed by atoms with Crippen molar-refractivity contribution < 1.29 is 13.2 Å². The van der Waals surface area contributed by atoms with Crippen molar-refractivity contribution in [1.29, 1.82) is 0 Å². The van der Waals surface area contributed by atoms with Gasteiger partial charge in [0.25, 0.3) is 0 Å². The lowest BCUT2D eigenvalue weighted by molar-refractivity contribution is -0.136. The summed E-state index contributed by atoms with van der Waals surface area (Å²) >= 11 is 2.48. The van der Waals surface area contributed by atoms with E-state index in [-0.39, 0.29) is 11.1 Å². The molecule has 0 aliphatic heterocycles. The Morgan fingerprint density at radius 3 is 2.63 bits per heavy atom. The predicted molar refractivity (Wildman–Crippen MR) is 72.3 cm³/mol. The number of nitrogens with two attached hydrogens (primary N) is 1. The molecule has 0 aliphatic carbocycles. The molecule has 2 nitrogen and oxygen atoms in total. The maximum absolute atomic E-state index is 13.1. The van der Waals surface area contributed by atoms with E-state index < -0.39 is 11.7 Å². The van der Waals surface area contributed by atoms with E-state index in [9.17, 15) is 13.2 Å². The number of alkyl halides is 3. The molecule has 3 rings (SSSR count). The van der Waals surface area contributed by atoms with Gasteiger partial charge < -0.3 is 5.73 Å². The molecular formula is C12H7F3N2S2. The van der Waals surface area contributed by atoms with Crippen molar-refractivity contribution in [3.63, 3.8) is 0 Å². The van der Waals surface area contributed by atoms with Gasteiger partial charge in [-0.3, -0.25) is 0 Å². The molecule has 19 heavy (non-hydrogen) atoms. The van der Waals surface area contributed by atoms with Crippen molar-refractivity contribution in [3.05, 3.63) is 34.5 Å². The molecule has 0 spiro atoms. The SMILES string of the molecule is Nc1csc2nc(-c3cccs3)cc(C(F)(F)F)c12. The molecule has 0 fully saturated rings. The maximum atomic E-state index is 13.1. The number of nitrogens with zero attached hydrogens (tertiary/aromatic N) is 1. The fourth-order valence-electron chi connectivity index (χ4n) is 1.84. The Hall–Kier alpha value is -1.60. The second-order valence-corrected chi connectivity index (χ2v) is 5.71. The third-order valence-corrected chi connectivity index (χ3v) is 4.43. The minimum absolute atomic E-state index is 0.00203. The van der Waals surface area contributed by atoms with E-state index in [2.05, 4.69) is 4.98 Å². The molecule has 0 amide bonds. The van der Waals surface area contributed by atoms with Crippen LogP contribution in [0.25, 0.3) is 20.8 Å². The number of pyridine rings is 1. The van der Waals surface area contributed by atoms with Gasteiger partial charge in [0.15, 0.2) is 0 Å². The number of thiophene rings is 2. The third kappa shape index (κ3) is 2.08. The highest BCUT2D eigenvalue weighted by atomic mass is 32.1. The Kier molecular flexibility index (Phi) is 2.75. The topological polar surface area (TPSA) is 38.9 Å². The van der Waals surface area contributed by atoms with Gasteiger partial charge in [-0.25, -0.2) is 4.98 Å². The summed E-state index contributed by atoms with van der Waals surface area (Å²) in [5, 5.41) is 3.29. The second-order valence-electron chi connectivity index (χ2n) is 3.90. The molecule has 0 saturated heterocycles. The van der Waals surface area contributed by atoms with E-state index in [1.54, 1.807) is 17.5 Å². The van der Waals surface area contributed by atoms with Gasteiger partial charge >= 0.3 is 6.18 Å². The van der Waals surface area contributed by atoms with Gasteiger partial charge in [0.1, 0.15) is 4.83 Å². The van der Waals surface area contributed by atoms with E-state index in [1.807, 2.05) is 0 Å². The van der Waals surface area contributed by atoms with E-state index in [0.717, 1.165) is 17.4 Å². The molecule has 98 valence electrons. The minimum Gasteiger partial charge on any atom is -0.397 e. The minimum atomic E-state index is -4.44. The number of hydrogen-bond donors (Lipinski definition) is 1. The number of fused-ring (bicyclic) bond motifs is 1. The predicted octanol–water partition coefficient (Wildman–Crippen LogP) is 4.63. The maximum Gasteiger partial charge on any atom is 0.417 e. The average molecular weight is 300 g/mol. The van der Waals surface area contributed by atoms with Crippen LogP contribution in [0, 0.1) is 0 Å². The van der Waals surface area contributed by atoms with Crippen LogP contribution in [0.4, 0.5) is 18.9 Å². The fraction of sp³-hybridized carbons (Fsp3) is 0.0833. The van der Waals surface area contributed by atoms with Crippen LogP contribution in [0.3, 0.4) is 0 Å². The third-order valence-electron chi connectivity index (χ3n) is 2.65. The summed E-state index contributed by atoms with van der Waals surface area (Å²) in [6.45, 7) is 0. The van der Waals surface area contributed by atoms with Gasteiger partial charge in [0.05, 0.1) is 21.8 Å². The van der Waals surface area contributed by atoms with Gasteiger partial charge in [0, 0.05) is 10.8 Å². The normalized spacial score (nSPS) is 12.2.